The number of benzene rings is 2. The minimum atomic E-state index is -0.794. The van der Waals surface area contributed by atoms with Gasteiger partial charge in [0, 0.05) is 0 Å². The number of hydrogen-bond acceptors (Lipinski definition) is 2. The van der Waals surface area contributed by atoms with Crippen LogP contribution in [0.2, 0.25) is 0 Å². The zero-order chi connectivity index (χ0) is 15.0. The molecule has 6 heteroatoms. The molecule has 2 aromatic rings. The first-order valence-corrected chi connectivity index (χ1v) is 7.26. The molecule has 1 amide bonds. The van der Waals surface area contributed by atoms with Crippen LogP contribution >= 0.6 is 11.8 Å². The molecule has 2 nitrogen and oxygen atoms in total. The number of para-hydroxylation sites is 1. The average Bonchev–Trinajstić information content (AvgIpc) is 2.82. The summed E-state index contributed by atoms with van der Waals surface area (Å²) >= 11 is 1.25. The Labute approximate surface area is 123 Å². The van der Waals surface area contributed by atoms with E-state index in [1.165, 1.54) is 42.1 Å². The molecule has 1 atom stereocenters. The zero-order valence-corrected chi connectivity index (χ0v) is 11.5. The van der Waals surface area contributed by atoms with Crippen LogP contribution in [0.3, 0.4) is 0 Å². The largest absolute Gasteiger partial charge is 0.290 e. The number of carbonyl (C=O) groups is 1. The number of carbonyl (C=O) groups excluding carboxylic acids is 1. The van der Waals surface area contributed by atoms with Gasteiger partial charge in [0.1, 0.15) is 28.5 Å². The molecule has 0 spiro atoms. The molecule has 1 heterocycles. The second-order valence-electron chi connectivity index (χ2n) is 4.55. The van der Waals surface area contributed by atoms with Crippen molar-refractivity contribution in [2.45, 2.75) is 5.37 Å². The molecule has 3 rings (SSSR count). The molecule has 108 valence electrons. The monoisotopic (exact) mass is 309 g/mol. The number of thioether (sulfide) groups is 1. The Kier molecular flexibility index (Phi) is 3.63. The van der Waals surface area contributed by atoms with Crippen molar-refractivity contribution >= 4 is 23.4 Å². The molecule has 1 aliphatic heterocycles. The number of anilines is 1. The fraction of sp³-hybridized carbons (Fsp3) is 0.133. The summed E-state index contributed by atoms with van der Waals surface area (Å²) in [4.78, 5) is 13.1. The van der Waals surface area contributed by atoms with Gasteiger partial charge in [-0.05, 0) is 29.8 Å². The van der Waals surface area contributed by atoms with Gasteiger partial charge >= 0.3 is 0 Å². The van der Waals surface area contributed by atoms with Gasteiger partial charge in [-0.15, -0.1) is 11.8 Å². The van der Waals surface area contributed by atoms with Crippen molar-refractivity contribution in [3.05, 3.63) is 65.5 Å². The Morgan fingerprint density at radius 1 is 1.00 bits per heavy atom. The molecular weight excluding hydrogens is 299 g/mol. The van der Waals surface area contributed by atoms with Crippen LogP contribution in [-0.2, 0) is 4.79 Å². The van der Waals surface area contributed by atoms with Crippen LogP contribution in [0.5, 0.6) is 0 Å². The first-order chi connectivity index (χ1) is 10.1. The first kappa shape index (κ1) is 14.0. The van der Waals surface area contributed by atoms with Gasteiger partial charge in [-0.2, -0.15) is 0 Å². The number of halogens is 3. The molecule has 0 N–H and O–H groups in total. The quantitative estimate of drug-likeness (QED) is 0.839. The van der Waals surface area contributed by atoms with E-state index in [1.54, 1.807) is 0 Å². The molecule has 0 bridgehead atoms. The maximum absolute atomic E-state index is 13.9. The van der Waals surface area contributed by atoms with E-state index >= 15 is 0 Å². The van der Waals surface area contributed by atoms with E-state index in [0.29, 0.717) is 5.56 Å². The van der Waals surface area contributed by atoms with Gasteiger partial charge < -0.3 is 0 Å². The second-order valence-corrected chi connectivity index (χ2v) is 5.62. The van der Waals surface area contributed by atoms with E-state index in [4.69, 9.17) is 0 Å². The Morgan fingerprint density at radius 2 is 1.62 bits per heavy atom. The van der Waals surface area contributed by atoms with Crippen LogP contribution in [0.15, 0.2) is 42.5 Å². The molecule has 1 saturated heterocycles. The Bertz CT molecular complexity index is 670. The average molecular weight is 309 g/mol. The van der Waals surface area contributed by atoms with E-state index < -0.39 is 22.8 Å². The Hall–Kier alpha value is -1.95. The standard InChI is InChI=1S/C15H10F3NOS/c16-10-6-4-9(5-7-10)15-19(13(20)8-21-15)14-11(17)2-1-3-12(14)18/h1-7,15H,8H2/t15-/m0/s1. The highest BCUT2D eigenvalue weighted by atomic mass is 32.2. The minimum absolute atomic E-state index is 0.121. The second kappa shape index (κ2) is 5.44. The van der Waals surface area contributed by atoms with Gasteiger partial charge in [-0.1, -0.05) is 18.2 Å². The van der Waals surface area contributed by atoms with Gasteiger partial charge in [0.15, 0.2) is 0 Å². The summed E-state index contributed by atoms with van der Waals surface area (Å²) in [6, 6.07) is 9.00. The molecule has 2 aromatic carbocycles. The third-order valence-corrected chi connectivity index (χ3v) is 4.41. The molecule has 21 heavy (non-hydrogen) atoms. The van der Waals surface area contributed by atoms with E-state index in [2.05, 4.69) is 0 Å². The molecule has 1 aliphatic rings. The summed E-state index contributed by atoms with van der Waals surface area (Å²) in [7, 11) is 0. The van der Waals surface area contributed by atoms with Crippen molar-refractivity contribution in [2.75, 3.05) is 10.7 Å². The predicted octanol–water partition coefficient (Wildman–Crippen LogP) is 3.88. The predicted molar refractivity (Wildman–Crippen MR) is 75.4 cm³/mol. The SMILES string of the molecule is O=C1CS[C@@H](c2ccc(F)cc2)N1c1c(F)cccc1F. The van der Waals surface area contributed by atoms with E-state index in [-0.39, 0.29) is 17.3 Å². The highest BCUT2D eigenvalue weighted by Crippen LogP contribution is 2.43. The highest BCUT2D eigenvalue weighted by Gasteiger charge is 2.37. The molecule has 0 aromatic heterocycles. The minimum Gasteiger partial charge on any atom is -0.290 e. The van der Waals surface area contributed by atoms with Crippen LogP contribution in [0.25, 0.3) is 0 Å². The molecule has 0 saturated carbocycles. The smallest absolute Gasteiger partial charge is 0.238 e. The number of nitrogens with zero attached hydrogens (tertiary/aromatic N) is 1. The third kappa shape index (κ3) is 2.51. The maximum atomic E-state index is 13.9. The van der Waals surface area contributed by atoms with E-state index in [1.807, 2.05) is 0 Å². The van der Waals surface area contributed by atoms with Crippen molar-refractivity contribution in [1.82, 2.24) is 0 Å². The summed E-state index contributed by atoms with van der Waals surface area (Å²) in [6.07, 6.45) is 0. The lowest BCUT2D eigenvalue weighted by Gasteiger charge is -2.25. The highest BCUT2D eigenvalue weighted by molar-refractivity contribution is 8.00. The number of rotatable bonds is 2. The van der Waals surface area contributed by atoms with Crippen LogP contribution in [0.1, 0.15) is 10.9 Å². The van der Waals surface area contributed by atoms with Gasteiger partial charge in [-0.25, -0.2) is 13.2 Å². The molecule has 1 fully saturated rings. The van der Waals surface area contributed by atoms with Crippen molar-refractivity contribution in [3.8, 4) is 0 Å². The lowest BCUT2D eigenvalue weighted by Crippen LogP contribution is -2.29. The molecule has 0 unspecified atom stereocenters. The van der Waals surface area contributed by atoms with Gasteiger partial charge in [0.2, 0.25) is 5.91 Å². The summed E-state index contributed by atoms with van der Waals surface area (Å²) in [5.74, 6) is -2.25. The number of hydrogen-bond donors (Lipinski definition) is 0. The topological polar surface area (TPSA) is 20.3 Å². The number of amides is 1. The van der Waals surface area contributed by atoms with Crippen LogP contribution in [-0.4, -0.2) is 11.7 Å². The summed E-state index contributed by atoms with van der Waals surface area (Å²) in [5.41, 5.74) is 0.261. The Morgan fingerprint density at radius 3 is 2.24 bits per heavy atom. The van der Waals surface area contributed by atoms with Crippen molar-refractivity contribution in [2.24, 2.45) is 0 Å². The summed E-state index contributed by atoms with van der Waals surface area (Å²) in [6.45, 7) is 0. The van der Waals surface area contributed by atoms with Crippen LogP contribution < -0.4 is 4.90 Å². The van der Waals surface area contributed by atoms with Crippen LogP contribution in [0.4, 0.5) is 18.9 Å². The lowest BCUT2D eigenvalue weighted by molar-refractivity contribution is -0.115. The zero-order valence-electron chi connectivity index (χ0n) is 10.7. The molecule has 0 aliphatic carbocycles. The molecule has 0 radical (unpaired) electrons. The first-order valence-electron chi connectivity index (χ1n) is 6.21. The van der Waals surface area contributed by atoms with Crippen molar-refractivity contribution < 1.29 is 18.0 Å². The fourth-order valence-electron chi connectivity index (χ4n) is 2.26. The third-order valence-electron chi connectivity index (χ3n) is 3.20. The van der Waals surface area contributed by atoms with Crippen LogP contribution in [0, 0.1) is 17.5 Å². The van der Waals surface area contributed by atoms with E-state index in [9.17, 15) is 18.0 Å². The summed E-state index contributed by atoms with van der Waals surface area (Å²) in [5, 5.41) is -0.565. The van der Waals surface area contributed by atoms with Gasteiger partial charge in [0.05, 0.1) is 5.75 Å². The van der Waals surface area contributed by atoms with Gasteiger partial charge in [-0.3, -0.25) is 9.69 Å². The normalized spacial score (nSPS) is 18.3. The lowest BCUT2D eigenvalue weighted by atomic mass is 10.1. The van der Waals surface area contributed by atoms with Crippen molar-refractivity contribution in [1.29, 1.82) is 0 Å². The summed E-state index contributed by atoms with van der Waals surface area (Å²) < 4.78 is 40.8. The van der Waals surface area contributed by atoms with E-state index in [0.717, 1.165) is 17.0 Å². The molecular formula is C15H10F3NOS. The van der Waals surface area contributed by atoms with Crippen molar-refractivity contribution in [3.63, 3.8) is 0 Å². The Balaban J connectivity index is 2.06. The fourth-order valence-corrected chi connectivity index (χ4v) is 3.42. The van der Waals surface area contributed by atoms with Gasteiger partial charge in [0.25, 0.3) is 0 Å². The maximum Gasteiger partial charge on any atom is 0.238 e.